The van der Waals surface area contributed by atoms with Crippen molar-refractivity contribution in [2.24, 2.45) is 11.8 Å². The van der Waals surface area contributed by atoms with E-state index in [0.717, 1.165) is 18.4 Å². The summed E-state index contributed by atoms with van der Waals surface area (Å²) in [5.41, 5.74) is 0.964. The highest BCUT2D eigenvalue weighted by Crippen LogP contribution is 2.36. The maximum Gasteiger partial charge on any atom is 0.225 e. The summed E-state index contributed by atoms with van der Waals surface area (Å²) in [7, 11) is 0. The van der Waals surface area contributed by atoms with Crippen LogP contribution in [0.25, 0.3) is 0 Å². The van der Waals surface area contributed by atoms with Crippen LogP contribution in [0.3, 0.4) is 0 Å². The molecule has 1 aromatic rings. The lowest BCUT2D eigenvalue weighted by Gasteiger charge is -2.29. The van der Waals surface area contributed by atoms with Crippen molar-refractivity contribution in [2.45, 2.75) is 44.6 Å². The lowest BCUT2D eigenvalue weighted by Crippen LogP contribution is -2.44. The number of nitrogens with one attached hydrogen (secondary N) is 2. The van der Waals surface area contributed by atoms with Crippen molar-refractivity contribution in [3.63, 3.8) is 0 Å². The average molecular weight is 318 g/mol. The fourth-order valence-corrected chi connectivity index (χ4v) is 3.66. The van der Waals surface area contributed by atoms with Crippen molar-refractivity contribution >= 4 is 11.8 Å². The monoisotopic (exact) mass is 318 g/mol. The Kier molecular flexibility index (Phi) is 4.94. The number of piperidine rings is 1. The van der Waals surface area contributed by atoms with Gasteiger partial charge in [0.15, 0.2) is 0 Å². The van der Waals surface area contributed by atoms with Gasteiger partial charge in [0.1, 0.15) is 5.82 Å². The minimum atomic E-state index is -0.264. The molecule has 23 heavy (non-hydrogen) atoms. The summed E-state index contributed by atoms with van der Waals surface area (Å²) < 4.78 is 13.2. The van der Waals surface area contributed by atoms with E-state index < -0.39 is 0 Å². The third kappa shape index (κ3) is 3.89. The Labute approximate surface area is 135 Å². The van der Waals surface area contributed by atoms with Gasteiger partial charge in [-0.05, 0) is 42.9 Å². The molecule has 124 valence electrons. The molecule has 0 aromatic heterocycles. The van der Waals surface area contributed by atoms with Crippen molar-refractivity contribution in [1.29, 1.82) is 0 Å². The number of benzene rings is 1. The zero-order valence-electron chi connectivity index (χ0n) is 13.2. The molecular weight excluding hydrogens is 295 g/mol. The normalized spacial score (nSPS) is 23.3. The zero-order valence-corrected chi connectivity index (χ0v) is 13.2. The van der Waals surface area contributed by atoms with E-state index in [1.54, 1.807) is 12.1 Å². The second-order valence-electron chi connectivity index (χ2n) is 6.62. The quantitative estimate of drug-likeness (QED) is 0.897. The molecule has 1 aliphatic carbocycles. The third-order valence-electron chi connectivity index (χ3n) is 5.03. The standard InChI is InChI=1S/C18H23FN2O2/c19-15-8-5-13(6-9-15)17(12-3-1-2-4-12)21-18(23)14-7-10-16(22)20-11-14/h5-6,8-9,12,14,17H,1-4,7,10-11H2,(H,20,22)(H,21,23)/t14-,17-/m0/s1. The summed E-state index contributed by atoms with van der Waals surface area (Å²) in [5.74, 6) is -0.0222. The van der Waals surface area contributed by atoms with Crippen LogP contribution in [0.15, 0.2) is 24.3 Å². The second-order valence-corrected chi connectivity index (χ2v) is 6.62. The van der Waals surface area contributed by atoms with Crippen LogP contribution in [-0.2, 0) is 9.59 Å². The van der Waals surface area contributed by atoms with Crippen LogP contribution in [0.4, 0.5) is 4.39 Å². The van der Waals surface area contributed by atoms with E-state index >= 15 is 0 Å². The minimum absolute atomic E-state index is 0.00813. The molecule has 1 heterocycles. The summed E-state index contributed by atoms with van der Waals surface area (Å²) in [6, 6.07) is 6.36. The maximum absolute atomic E-state index is 13.2. The van der Waals surface area contributed by atoms with Gasteiger partial charge in [0.05, 0.1) is 12.0 Å². The molecule has 0 bridgehead atoms. The molecule has 4 nitrogen and oxygen atoms in total. The molecular formula is C18H23FN2O2. The molecule has 1 saturated carbocycles. The first-order chi connectivity index (χ1) is 11.1. The zero-order chi connectivity index (χ0) is 16.2. The fraction of sp³-hybridized carbons (Fsp3) is 0.556. The van der Waals surface area contributed by atoms with Gasteiger partial charge in [-0.3, -0.25) is 9.59 Å². The van der Waals surface area contributed by atoms with Crippen LogP contribution < -0.4 is 10.6 Å². The van der Waals surface area contributed by atoms with Crippen molar-refractivity contribution in [1.82, 2.24) is 10.6 Å². The van der Waals surface area contributed by atoms with Crippen molar-refractivity contribution in [3.8, 4) is 0 Å². The average Bonchev–Trinajstić information content (AvgIpc) is 3.08. The number of halogens is 1. The highest BCUT2D eigenvalue weighted by Gasteiger charge is 2.31. The molecule has 2 fully saturated rings. The number of carbonyl (C=O) groups excluding carboxylic acids is 2. The van der Waals surface area contributed by atoms with Gasteiger partial charge in [-0.1, -0.05) is 25.0 Å². The van der Waals surface area contributed by atoms with E-state index in [-0.39, 0.29) is 29.6 Å². The second kappa shape index (κ2) is 7.11. The van der Waals surface area contributed by atoms with Crippen LogP contribution in [0.5, 0.6) is 0 Å². The van der Waals surface area contributed by atoms with Gasteiger partial charge in [0.2, 0.25) is 11.8 Å². The van der Waals surface area contributed by atoms with Gasteiger partial charge in [0, 0.05) is 13.0 Å². The van der Waals surface area contributed by atoms with E-state index in [9.17, 15) is 14.0 Å². The SMILES string of the molecule is O=C1CC[C@H](C(=O)N[C@H](c2ccc(F)cc2)C2CCCC2)CN1. The van der Waals surface area contributed by atoms with Gasteiger partial charge >= 0.3 is 0 Å². The number of rotatable bonds is 4. The largest absolute Gasteiger partial charge is 0.355 e. The Morgan fingerprint density at radius 3 is 2.48 bits per heavy atom. The molecule has 0 spiro atoms. The lowest BCUT2D eigenvalue weighted by molar-refractivity contribution is -0.129. The van der Waals surface area contributed by atoms with E-state index in [1.165, 1.54) is 25.0 Å². The molecule has 3 rings (SSSR count). The van der Waals surface area contributed by atoms with Crippen LogP contribution >= 0.6 is 0 Å². The molecule has 1 saturated heterocycles. The maximum atomic E-state index is 13.2. The first kappa shape index (κ1) is 16.0. The number of hydrogen-bond donors (Lipinski definition) is 2. The topological polar surface area (TPSA) is 58.2 Å². The molecule has 0 unspecified atom stereocenters. The smallest absolute Gasteiger partial charge is 0.225 e. The van der Waals surface area contributed by atoms with Crippen molar-refractivity contribution in [2.75, 3.05) is 6.54 Å². The van der Waals surface area contributed by atoms with Gasteiger partial charge in [-0.15, -0.1) is 0 Å². The van der Waals surface area contributed by atoms with Gasteiger partial charge in [-0.2, -0.15) is 0 Å². The third-order valence-corrected chi connectivity index (χ3v) is 5.03. The molecule has 2 N–H and O–H groups in total. The van der Waals surface area contributed by atoms with Crippen molar-refractivity contribution in [3.05, 3.63) is 35.6 Å². The summed E-state index contributed by atoms with van der Waals surface area (Å²) in [6.45, 7) is 0.408. The van der Waals surface area contributed by atoms with E-state index in [0.29, 0.717) is 25.3 Å². The molecule has 2 amide bonds. The minimum Gasteiger partial charge on any atom is -0.355 e. The molecule has 2 atom stereocenters. The summed E-state index contributed by atoms with van der Waals surface area (Å²) in [4.78, 5) is 23.8. The Hall–Kier alpha value is -1.91. The van der Waals surface area contributed by atoms with Crippen molar-refractivity contribution < 1.29 is 14.0 Å². The van der Waals surface area contributed by atoms with E-state index in [4.69, 9.17) is 0 Å². The Bertz CT molecular complexity index is 557. The Morgan fingerprint density at radius 2 is 1.87 bits per heavy atom. The van der Waals surface area contributed by atoms with Gasteiger partial charge in [0.25, 0.3) is 0 Å². The predicted octanol–water partition coefficient (Wildman–Crippen LogP) is 2.70. The number of carbonyl (C=O) groups is 2. The number of amides is 2. The van der Waals surface area contributed by atoms with E-state index in [2.05, 4.69) is 10.6 Å². The predicted molar refractivity (Wildman–Crippen MR) is 85.0 cm³/mol. The van der Waals surface area contributed by atoms with Crippen LogP contribution in [0, 0.1) is 17.7 Å². The lowest BCUT2D eigenvalue weighted by atomic mass is 9.90. The van der Waals surface area contributed by atoms with Gasteiger partial charge in [-0.25, -0.2) is 4.39 Å². The summed E-state index contributed by atoms with van der Waals surface area (Å²) in [5, 5.41) is 5.92. The van der Waals surface area contributed by atoms with Crippen LogP contribution in [0.2, 0.25) is 0 Å². The molecule has 5 heteroatoms. The fourth-order valence-electron chi connectivity index (χ4n) is 3.66. The summed E-state index contributed by atoms with van der Waals surface area (Å²) >= 11 is 0. The summed E-state index contributed by atoms with van der Waals surface area (Å²) in [6.07, 6.45) is 5.53. The first-order valence-electron chi connectivity index (χ1n) is 8.46. The first-order valence-corrected chi connectivity index (χ1v) is 8.46. The van der Waals surface area contributed by atoms with Crippen LogP contribution in [-0.4, -0.2) is 18.4 Å². The molecule has 0 radical (unpaired) electrons. The number of hydrogen-bond acceptors (Lipinski definition) is 2. The molecule has 1 aromatic carbocycles. The molecule has 2 aliphatic rings. The van der Waals surface area contributed by atoms with E-state index in [1.807, 2.05) is 0 Å². The highest BCUT2D eigenvalue weighted by molar-refractivity contribution is 5.84. The van der Waals surface area contributed by atoms with Crippen LogP contribution in [0.1, 0.15) is 50.1 Å². The van der Waals surface area contributed by atoms with Gasteiger partial charge < -0.3 is 10.6 Å². The Morgan fingerprint density at radius 1 is 1.17 bits per heavy atom. The molecule has 1 aliphatic heterocycles. The highest BCUT2D eigenvalue weighted by atomic mass is 19.1. The Balaban J connectivity index is 1.71.